The third-order valence-corrected chi connectivity index (χ3v) is 9.12. The van der Waals surface area contributed by atoms with Crippen molar-refractivity contribution in [2.24, 2.45) is 0 Å². The lowest BCUT2D eigenvalue weighted by atomic mass is 9.98. The maximum atomic E-state index is 6.16. The Labute approximate surface area is 227 Å². The van der Waals surface area contributed by atoms with Gasteiger partial charge in [0.05, 0.1) is 11.0 Å². The molecule has 0 bridgehead atoms. The molecule has 0 fully saturated rings. The molecule has 6 aromatic carbocycles. The maximum absolute atomic E-state index is 6.16. The van der Waals surface area contributed by atoms with E-state index in [2.05, 4.69) is 120 Å². The van der Waals surface area contributed by atoms with Crippen LogP contribution in [0.4, 0.5) is 0 Å². The van der Waals surface area contributed by atoms with Crippen molar-refractivity contribution in [2.45, 2.75) is 0 Å². The molecule has 182 valence electrons. The molecule has 0 saturated carbocycles. The third-order valence-electron chi connectivity index (χ3n) is 8.01. The highest BCUT2D eigenvalue weighted by Crippen LogP contribution is 2.41. The zero-order chi connectivity index (χ0) is 25.5. The molecule has 2 nitrogen and oxygen atoms in total. The molecular formula is C36H21NOS. The Morgan fingerprint density at radius 1 is 0.487 bits per heavy atom. The van der Waals surface area contributed by atoms with Crippen molar-refractivity contribution in [3.05, 3.63) is 127 Å². The first-order valence-electron chi connectivity index (χ1n) is 13.2. The van der Waals surface area contributed by atoms with Crippen LogP contribution in [-0.4, -0.2) is 4.57 Å². The van der Waals surface area contributed by atoms with Crippen LogP contribution >= 0.6 is 11.3 Å². The zero-order valence-electron chi connectivity index (χ0n) is 20.9. The minimum Gasteiger partial charge on any atom is -0.456 e. The monoisotopic (exact) mass is 515 g/mol. The van der Waals surface area contributed by atoms with Gasteiger partial charge in [-0.25, -0.2) is 0 Å². The number of hydrogen-bond acceptors (Lipinski definition) is 2. The average Bonchev–Trinajstić information content (AvgIpc) is 3.65. The predicted molar refractivity (Wildman–Crippen MR) is 166 cm³/mol. The fraction of sp³-hybridized carbons (Fsp3) is 0. The molecule has 0 spiro atoms. The van der Waals surface area contributed by atoms with Crippen LogP contribution in [0.25, 0.3) is 80.7 Å². The summed E-state index contributed by atoms with van der Waals surface area (Å²) >= 11 is 1.87. The Kier molecular flexibility index (Phi) is 4.24. The van der Waals surface area contributed by atoms with E-state index in [0.717, 1.165) is 16.6 Å². The summed E-state index contributed by atoms with van der Waals surface area (Å²) in [4.78, 5) is 0. The van der Waals surface area contributed by atoms with Gasteiger partial charge in [-0.1, -0.05) is 84.9 Å². The molecule has 0 N–H and O–H groups in total. The van der Waals surface area contributed by atoms with Gasteiger partial charge < -0.3 is 8.98 Å². The first-order chi connectivity index (χ1) is 19.3. The topological polar surface area (TPSA) is 18.1 Å². The highest BCUT2D eigenvalue weighted by Gasteiger charge is 2.15. The molecule has 0 amide bonds. The summed E-state index contributed by atoms with van der Waals surface area (Å²) in [5, 5.41) is 7.53. The maximum Gasteiger partial charge on any atom is 0.136 e. The fourth-order valence-electron chi connectivity index (χ4n) is 6.29. The van der Waals surface area contributed by atoms with E-state index in [4.69, 9.17) is 4.42 Å². The number of aromatic nitrogens is 1. The van der Waals surface area contributed by atoms with E-state index in [9.17, 15) is 0 Å². The van der Waals surface area contributed by atoms with Crippen LogP contribution in [0.2, 0.25) is 0 Å². The van der Waals surface area contributed by atoms with E-state index >= 15 is 0 Å². The number of furan rings is 1. The van der Waals surface area contributed by atoms with Crippen LogP contribution < -0.4 is 0 Å². The summed E-state index contributed by atoms with van der Waals surface area (Å²) in [7, 11) is 0. The van der Waals surface area contributed by atoms with Crippen molar-refractivity contribution in [3.63, 3.8) is 0 Å². The molecule has 0 atom stereocenters. The quantitative estimate of drug-likeness (QED) is 0.224. The van der Waals surface area contributed by atoms with Crippen LogP contribution in [0.3, 0.4) is 0 Å². The number of benzene rings is 6. The lowest BCUT2D eigenvalue weighted by Crippen LogP contribution is -1.92. The Hall–Kier alpha value is -4.86. The van der Waals surface area contributed by atoms with Gasteiger partial charge in [0.15, 0.2) is 0 Å². The Morgan fingerprint density at radius 2 is 1.13 bits per heavy atom. The lowest BCUT2D eigenvalue weighted by molar-refractivity contribution is 0.669. The van der Waals surface area contributed by atoms with Gasteiger partial charge >= 0.3 is 0 Å². The summed E-state index contributed by atoms with van der Waals surface area (Å²) in [6, 6.07) is 45.8. The van der Waals surface area contributed by atoms with Crippen molar-refractivity contribution in [1.82, 2.24) is 4.57 Å². The van der Waals surface area contributed by atoms with Gasteiger partial charge in [-0.05, 0) is 53.6 Å². The van der Waals surface area contributed by atoms with Crippen LogP contribution in [0.5, 0.6) is 0 Å². The predicted octanol–water partition coefficient (Wildman–Crippen LogP) is 10.7. The molecule has 0 saturated heterocycles. The molecule has 9 aromatic rings. The second-order valence-corrected chi connectivity index (χ2v) is 11.2. The minimum atomic E-state index is 0.931. The van der Waals surface area contributed by atoms with E-state index in [-0.39, 0.29) is 0 Å². The normalized spacial score (nSPS) is 12.1. The molecule has 0 aliphatic carbocycles. The van der Waals surface area contributed by atoms with Crippen molar-refractivity contribution in [1.29, 1.82) is 0 Å². The molecular weight excluding hydrogens is 494 g/mol. The van der Waals surface area contributed by atoms with Crippen molar-refractivity contribution < 1.29 is 4.42 Å². The summed E-state index contributed by atoms with van der Waals surface area (Å²) < 4.78 is 11.2. The third kappa shape index (κ3) is 2.96. The Morgan fingerprint density at radius 3 is 1.92 bits per heavy atom. The first-order valence-corrected chi connectivity index (χ1v) is 14.0. The Balaban J connectivity index is 1.25. The van der Waals surface area contributed by atoms with Gasteiger partial charge in [0.25, 0.3) is 0 Å². The highest BCUT2D eigenvalue weighted by atomic mass is 32.1. The SMILES string of the molecule is c1ccc2c(c1)oc1cccc(-c3ccc4c(c3)sc3cc(-n5c6ccccc6c6ccccc65)ccc34)c12. The zero-order valence-corrected chi connectivity index (χ0v) is 21.7. The summed E-state index contributed by atoms with van der Waals surface area (Å²) in [6.07, 6.45) is 0. The first kappa shape index (κ1) is 21.1. The van der Waals surface area contributed by atoms with Crippen LogP contribution in [0.15, 0.2) is 132 Å². The second kappa shape index (κ2) is 7.83. The lowest BCUT2D eigenvalue weighted by Gasteiger charge is -2.08. The van der Waals surface area contributed by atoms with Gasteiger partial charge in [0.2, 0.25) is 0 Å². The Bertz CT molecular complexity index is 2350. The van der Waals surface area contributed by atoms with E-state index in [1.807, 2.05) is 23.5 Å². The van der Waals surface area contributed by atoms with Crippen LogP contribution in [-0.2, 0) is 0 Å². The summed E-state index contributed by atoms with van der Waals surface area (Å²) in [5.41, 5.74) is 7.96. The molecule has 0 unspecified atom stereocenters. The van der Waals surface area contributed by atoms with E-state index in [1.54, 1.807) is 0 Å². The summed E-state index contributed by atoms with van der Waals surface area (Å²) in [6.45, 7) is 0. The number of hydrogen-bond donors (Lipinski definition) is 0. The van der Waals surface area contributed by atoms with Gasteiger partial charge in [-0.15, -0.1) is 11.3 Å². The van der Waals surface area contributed by atoms with E-state index < -0.39 is 0 Å². The smallest absolute Gasteiger partial charge is 0.136 e. The minimum absolute atomic E-state index is 0.931. The summed E-state index contributed by atoms with van der Waals surface area (Å²) in [5.74, 6) is 0. The average molecular weight is 516 g/mol. The van der Waals surface area contributed by atoms with Crippen molar-refractivity contribution in [3.8, 4) is 16.8 Å². The van der Waals surface area contributed by atoms with Crippen LogP contribution in [0, 0.1) is 0 Å². The van der Waals surface area contributed by atoms with Crippen molar-refractivity contribution >= 4 is 75.3 Å². The molecule has 0 radical (unpaired) electrons. The number of rotatable bonds is 2. The van der Waals surface area contributed by atoms with Gasteiger partial charge in [0.1, 0.15) is 11.2 Å². The van der Waals surface area contributed by atoms with Gasteiger partial charge in [-0.3, -0.25) is 0 Å². The number of fused-ring (bicyclic) bond motifs is 9. The molecule has 0 aliphatic rings. The van der Waals surface area contributed by atoms with Gasteiger partial charge in [-0.2, -0.15) is 0 Å². The molecule has 3 heteroatoms. The highest BCUT2D eigenvalue weighted by molar-refractivity contribution is 7.25. The van der Waals surface area contributed by atoms with E-state index in [0.29, 0.717) is 0 Å². The largest absolute Gasteiger partial charge is 0.456 e. The number of para-hydroxylation sites is 3. The number of nitrogens with zero attached hydrogens (tertiary/aromatic N) is 1. The van der Waals surface area contributed by atoms with Gasteiger partial charge in [0, 0.05) is 47.4 Å². The van der Waals surface area contributed by atoms with Crippen molar-refractivity contribution in [2.75, 3.05) is 0 Å². The molecule has 39 heavy (non-hydrogen) atoms. The molecule has 9 rings (SSSR count). The second-order valence-electron chi connectivity index (χ2n) is 10.1. The van der Waals surface area contributed by atoms with E-state index in [1.165, 1.54) is 64.2 Å². The number of thiophene rings is 1. The molecule has 3 aromatic heterocycles. The molecule has 0 aliphatic heterocycles. The standard InChI is InChI=1S/C36H21NOS/c1-4-12-30-25(8-1)26-9-2-5-13-31(26)37(30)23-17-19-28-27-18-16-22(20-34(27)39-35(28)21-23)24-11-7-15-33-36(24)29-10-3-6-14-32(29)38-33/h1-21H. The van der Waals surface area contributed by atoms with Crippen LogP contribution in [0.1, 0.15) is 0 Å². The fourth-order valence-corrected chi connectivity index (χ4v) is 7.47. The molecule has 3 heterocycles.